The molecule has 13 heteroatoms. The first-order valence-corrected chi connectivity index (χ1v) is 11.9. The van der Waals surface area contributed by atoms with Crippen molar-refractivity contribution >= 4 is 22.5 Å². The third-order valence-corrected chi connectivity index (χ3v) is 6.29. The first-order valence-electron chi connectivity index (χ1n) is 11.9. The highest BCUT2D eigenvalue weighted by atomic mass is 19.4. The van der Waals surface area contributed by atoms with Gasteiger partial charge in [0.25, 0.3) is 0 Å². The number of esters is 1. The highest BCUT2D eigenvalue weighted by molar-refractivity contribution is 5.82. The average Bonchev–Trinajstić information content (AvgIpc) is 3.46. The lowest BCUT2D eigenvalue weighted by Gasteiger charge is -2.30. The van der Waals surface area contributed by atoms with E-state index in [0.717, 1.165) is 0 Å². The van der Waals surface area contributed by atoms with E-state index in [1.165, 1.54) is 46.7 Å². The van der Waals surface area contributed by atoms with Crippen molar-refractivity contribution in [1.29, 1.82) is 0 Å². The summed E-state index contributed by atoms with van der Waals surface area (Å²) in [5.41, 5.74) is 6.95. The molecule has 1 aromatic carbocycles. The topological polar surface area (TPSA) is 108 Å². The molecular formula is C25H24F4N6O3. The Morgan fingerprint density at radius 3 is 2.71 bits per heavy atom. The van der Waals surface area contributed by atoms with Gasteiger partial charge in [0.2, 0.25) is 0 Å². The summed E-state index contributed by atoms with van der Waals surface area (Å²) in [5, 5.41) is 8.70. The largest absolute Gasteiger partial charge is 0.487 e. The number of rotatable bonds is 7. The fourth-order valence-corrected chi connectivity index (χ4v) is 4.60. The number of nitrogens with zero attached hydrogens (tertiary/aromatic N) is 5. The standard InChI is InChI=1S/C25H24F4N6O3/c1-14(36)37-8-9-38-21-11-20-15(10-18(21)26)2-4-19(31-20)24-33-32-22-5-3-16(12-35(22)24)23(25(27,28)29)34-7-6-17(30)13-34/h2-5,10-12,17,23H,6-9,13,30H2,1H3/t17?,23-/m1/s1. The number of carbonyl (C=O) groups is 1. The van der Waals surface area contributed by atoms with E-state index in [0.29, 0.717) is 28.7 Å². The minimum Gasteiger partial charge on any atom is -0.487 e. The van der Waals surface area contributed by atoms with E-state index in [-0.39, 0.29) is 49.5 Å². The number of pyridine rings is 2. The number of ether oxygens (including phenoxy) is 2. The lowest BCUT2D eigenvalue weighted by Crippen LogP contribution is -2.38. The number of carbonyl (C=O) groups excluding carboxylic acids is 1. The number of aromatic nitrogens is 4. The predicted octanol–water partition coefficient (Wildman–Crippen LogP) is 3.66. The summed E-state index contributed by atoms with van der Waals surface area (Å²) in [6.07, 6.45) is -2.65. The van der Waals surface area contributed by atoms with E-state index in [2.05, 4.69) is 15.2 Å². The molecule has 4 heterocycles. The summed E-state index contributed by atoms with van der Waals surface area (Å²) in [6, 6.07) is 6.60. The van der Waals surface area contributed by atoms with Crippen molar-refractivity contribution in [2.24, 2.45) is 5.73 Å². The quantitative estimate of drug-likeness (QED) is 0.218. The van der Waals surface area contributed by atoms with Crippen molar-refractivity contribution in [2.75, 3.05) is 26.3 Å². The smallest absolute Gasteiger partial charge is 0.408 e. The van der Waals surface area contributed by atoms with Crippen LogP contribution in [0.4, 0.5) is 17.6 Å². The lowest BCUT2D eigenvalue weighted by molar-refractivity contribution is -0.183. The van der Waals surface area contributed by atoms with E-state index >= 15 is 0 Å². The van der Waals surface area contributed by atoms with Crippen LogP contribution in [0.5, 0.6) is 5.75 Å². The summed E-state index contributed by atoms with van der Waals surface area (Å²) in [7, 11) is 0. The number of hydrogen-bond acceptors (Lipinski definition) is 8. The van der Waals surface area contributed by atoms with Crippen molar-refractivity contribution in [2.45, 2.75) is 31.6 Å². The Bertz CT molecular complexity index is 1490. The molecule has 1 unspecified atom stereocenters. The molecular weight excluding hydrogens is 508 g/mol. The zero-order chi connectivity index (χ0) is 27.0. The van der Waals surface area contributed by atoms with Crippen LogP contribution in [0, 0.1) is 5.82 Å². The van der Waals surface area contributed by atoms with Crippen LogP contribution in [0.3, 0.4) is 0 Å². The molecule has 0 spiro atoms. The first kappa shape index (κ1) is 25.8. The van der Waals surface area contributed by atoms with Crippen LogP contribution in [0.15, 0.2) is 42.6 Å². The first-order chi connectivity index (χ1) is 18.1. The van der Waals surface area contributed by atoms with Crippen molar-refractivity contribution in [3.05, 3.63) is 54.0 Å². The van der Waals surface area contributed by atoms with Crippen LogP contribution < -0.4 is 10.5 Å². The highest BCUT2D eigenvalue weighted by Gasteiger charge is 2.46. The van der Waals surface area contributed by atoms with Gasteiger partial charge in [-0.2, -0.15) is 13.2 Å². The van der Waals surface area contributed by atoms with Gasteiger partial charge >= 0.3 is 12.1 Å². The van der Waals surface area contributed by atoms with E-state index in [4.69, 9.17) is 15.2 Å². The number of benzene rings is 1. The molecule has 4 aromatic rings. The van der Waals surface area contributed by atoms with Crippen LogP contribution in [0.1, 0.15) is 24.9 Å². The maximum atomic E-state index is 14.5. The van der Waals surface area contributed by atoms with Crippen LogP contribution in [0.25, 0.3) is 28.1 Å². The lowest BCUT2D eigenvalue weighted by atomic mass is 10.1. The third-order valence-electron chi connectivity index (χ3n) is 6.29. The van der Waals surface area contributed by atoms with E-state index in [9.17, 15) is 22.4 Å². The van der Waals surface area contributed by atoms with Crippen molar-refractivity contribution in [3.63, 3.8) is 0 Å². The Balaban J connectivity index is 1.49. The molecule has 38 heavy (non-hydrogen) atoms. The number of alkyl halides is 3. The van der Waals surface area contributed by atoms with Gasteiger partial charge in [0.05, 0.1) is 5.52 Å². The monoisotopic (exact) mass is 532 g/mol. The molecule has 0 aliphatic carbocycles. The molecule has 0 amide bonds. The molecule has 1 saturated heterocycles. The van der Waals surface area contributed by atoms with Gasteiger partial charge in [0.15, 0.2) is 23.0 Å². The number of likely N-dealkylation sites (tertiary alicyclic amines) is 1. The Labute approximate surface area is 214 Å². The van der Waals surface area contributed by atoms with Crippen LogP contribution >= 0.6 is 0 Å². The molecule has 1 fully saturated rings. The van der Waals surface area contributed by atoms with Gasteiger partial charge in [0, 0.05) is 43.7 Å². The Morgan fingerprint density at radius 2 is 2.00 bits per heavy atom. The summed E-state index contributed by atoms with van der Waals surface area (Å²) in [4.78, 5) is 16.8. The average molecular weight is 532 g/mol. The minimum atomic E-state index is -4.51. The Morgan fingerprint density at radius 1 is 1.18 bits per heavy atom. The van der Waals surface area contributed by atoms with Gasteiger partial charge in [0.1, 0.15) is 24.9 Å². The van der Waals surface area contributed by atoms with E-state index in [1.54, 1.807) is 12.1 Å². The highest BCUT2D eigenvalue weighted by Crippen LogP contribution is 2.39. The third kappa shape index (κ3) is 5.24. The molecule has 1 aliphatic rings. The molecule has 5 rings (SSSR count). The molecule has 9 nitrogen and oxygen atoms in total. The number of fused-ring (bicyclic) bond motifs is 2. The van der Waals surface area contributed by atoms with E-state index in [1.807, 2.05) is 0 Å². The van der Waals surface area contributed by atoms with Crippen LogP contribution in [0.2, 0.25) is 0 Å². The number of nitrogens with two attached hydrogens (primary N) is 1. The minimum absolute atomic E-state index is 0.0338. The van der Waals surface area contributed by atoms with Gasteiger partial charge in [-0.1, -0.05) is 12.1 Å². The fourth-order valence-electron chi connectivity index (χ4n) is 4.60. The van der Waals surface area contributed by atoms with Crippen molar-refractivity contribution in [3.8, 4) is 17.3 Å². The second-order valence-corrected chi connectivity index (χ2v) is 9.06. The molecule has 2 atom stereocenters. The second-order valence-electron chi connectivity index (χ2n) is 9.06. The van der Waals surface area contributed by atoms with Gasteiger partial charge in [-0.3, -0.25) is 14.1 Å². The fraction of sp³-hybridized carbons (Fsp3) is 0.360. The molecule has 0 saturated carbocycles. The maximum Gasteiger partial charge on any atom is 0.408 e. The van der Waals surface area contributed by atoms with Crippen molar-refractivity contribution < 1.29 is 31.8 Å². The molecule has 0 bridgehead atoms. The van der Waals surface area contributed by atoms with E-state index < -0.39 is 24.0 Å². The second kappa shape index (κ2) is 10.1. The number of hydrogen-bond donors (Lipinski definition) is 1. The zero-order valence-corrected chi connectivity index (χ0v) is 20.3. The summed E-state index contributed by atoms with van der Waals surface area (Å²) >= 11 is 0. The van der Waals surface area contributed by atoms with Gasteiger partial charge in [-0.25, -0.2) is 9.37 Å². The summed E-state index contributed by atoms with van der Waals surface area (Å²) in [5.74, 6) is -0.954. The van der Waals surface area contributed by atoms with Crippen LogP contribution in [-0.4, -0.2) is 69.0 Å². The summed E-state index contributed by atoms with van der Waals surface area (Å²) in [6.45, 7) is 1.54. The SMILES string of the molecule is CC(=O)OCCOc1cc2nc(-c3nnc4ccc([C@@H](N5CCC(N)C5)C(F)(F)F)cn34)ccc2cc1F. The van der Waals surface area contributed by atoms with Crippen LogP contribution in [-0.2, 0) is 9.53 Å². The van der Waals surface area contributed by atoms with Crippen molar-refractivity contribution in [1.82, 2.24) is 24.5 Å². The Hall–Kier alpha value is -3.84. The van der Waals surface area contributed by atoms with Gasteiger partial charge < -0.3 is 15.2 Å². The summed E-state index contributed by atoms with van der Waals surface area (Å²) < 4.78 is 68.5. The van der Waals surface area contributed by atoms with Gasteiger partial charge in [-0.15, -0.1) is 10.2 Å². The normalized spacial score (nSPS) is 17.3. The maximum absolute atomic E-state index is 14.5. The predicted molar refractivity (Wildman–Crippen MR) is 129 cm³/mol. The number of halogens is 4. The molecule has 1 aliphatic heterocycles. The molecule has 200 valence electrons. The molecule has 2 N–H and O–H groups in total. The molecule has 3 aromatic heterocycles. The van der Waals surface area contributed by atoms with Gasteiger partial charge in [-0.05, 0) is 30.2 Å². The molecule has 0 radical (unpaired) electrons. The Kier molecular flexibility index (Phi) is 6.88. The zero-order valence-electron chi connectivity index (χ0n) is 20.3.